The molecule has 2 aliphatic rings. The van der Waals surface area contributed by atoms with Crippen molar-refractivity contribution in [1.82, 2.24) is 0 Å². The molecule has 0 saturated heterocycles. The normalized spacial score (nSPS) is 13.1. The molecule has 4 radical (unpaired) electrons. The molecular weight excluding hydrogens is 1070 g/mol. The molecule has 0 aliphatic carbocycles. The molecule has 2 heterocycles. The average Bonchev–Trinajstić information content (AvgIpc) is 3.86. The van der Waals surface area contributed by atoms with Gasteiger partial charge >= 0.3 is 31.4 Å². The number of alkyl halides is 6. The summed E-state index contributed by atoms with van der Waals surface area (Å²) in [4.78, 5) is 9.01. The van der Waals surface area contributed by atoms with Crippen molar-refractivity contribution in [3.8, 4) is 11.1 Å². The second kappa shape index (κ2) is 22.3. The molecule has 2 aliphatic heterocycles. The van der Waals surface area contributed by atoms with Gasteiger partial charge in [-0.05, 0) is 69.1 Å². The molecule has 10 rings (SSSR count). The second-order valence-corrected chi connectivity index (χ2v) is 17.9. The van der Waals surface area contributed by atoms with Crippen molar-refractivity contribution >= 4 is 75.9 Å². The van der Waals surface area contributed by atoms with Gasteiger partial charge in [0.15, 0.2) is 20.2 Å². The minimum absolute atomic E-state index is 0. The summed E-state index contributed by atoms with van der Waals surface area (Å²) < 4.78 is 118. The third-order valence-electron chi connectivity index (χ3n) is 10.7. The number of benzene rings is 8. The van der Waals surface area contributed by atoms with E-state index in [1.807, 2.05) is 0 Å². The van der Waals surface area contributed by atoms with E-state index < -0.39 is 31.3 Å². The third kappa shape index (κ3) is 12.0. The molecule has 71 heavy (non-hydrogen) atoms. The molecule has 0 spiro atoms. The zero-order valence-corrected chi connectivity index (χ0v) is 39.6. The topological polar surface area (TPSA) is 190 Å². The molecule has 0 bridgehead atoms. The average molecular weight is 1110 g/mol. The quantitative estimate of drug-likeness (QED) is 0.0642. The summed E-state index contributed by atoms with van der Waals surface area (Å²) in [6.45, 7) is 9.07. The summed E-state index contributed by atoms with van der Waals surface area (Å²) in [6.07, 6.45) is 0. The Labute approximate surface area is 418 Å². The van der Waals surface area contributed by atoms with Gasteiger partial charge in [0.25, 0.3) is 0 Å². The van der Waals surface area contributed by atoms with Crippen LogP contribution in [-0.4, -0.2) is 47.9 Å². The first-order valence-corrected chi connectivity index (χ1v) is 23.1. The van der Waals surface area contributed by atoms with E-state index in [9.17, 15) is 26.3 Å². The minimum Gasteiger partial charge on any atom is -0.741 e. The molecule has 0 fully saturated rings. The fourth-order valence-corrected chi connectivity index (χ4v) is 7.78. The van der Waals surface area contributed by atoms with Gasteiger partial charge in [-0.3, -0.25) is 0 Å². The monoisotopic (exact) mass is 1110 g/mol. The Morgan fingerprint density at radius 2 is 0.676 bits per heavy atom. The van der Waals surface area contributed by atoms with Gasteiger partial charge in [0.05, 0.1) is 34.1 Å². The van der Waals surface area contributed by atoms with Crippen LogP contribution in [0.1, 0.15) is 11.1 Å². The molecule has 370 valence electrons. The van der Waals surface area contributed by atoms with Gasteiger partial charge in [-0.1, -0.05) is 146 Å². The number of para-hydroxylation sites is 4. The third-order valence-corrected chi connectivity index (χ3v) is 11.9. The first-order valence-electron chi connectivity index (χ1n) is 20.3. The fraction of sp³-hybridized carbons (Fsp3) is 0.0800. The van der Waals surface area contributed by atoms with Crippen LogP contribution in [0.3, 0.4) is 0 Å². The van der Waals surface area contributed by atoms with Crippen molar-refractivity contribution in [2.75, 3.05) is 19.6 Å². The SMILES string of the molecule is O.O.O=S(=O)([O-])C(F)(F)F.O=S(=O)([O-])C(F)(F)F.[C]1N(Cc2ccccc2)c2ccccc2N1c1ccc2ccccc2c1-c1c(N2[C]N(Cc3ccccc3)c3ccccc32)ccc2ccccc12.[Pd+2]. The van der Waals surface area contributed by atoms with Gasteiger partial charge in [0.2, 0.25) is 13.3 Å². The summed E-state index contributed by atoms with van der Waals surface area (Å²) in [5.41, 5.74) is 0.141. The Balaban J connectivity index is 0.000000429. The van der Waals surface area contributed by atoms with Crippen molar-refractivity contribution in [2.45, 2.75) is 24.1 Å². The Bertz CT molecular complexity index is 3120. The number of halogens is 6. The molecule has 0 unspecified atom stereocenters. The number of hydrogen-bond acceptors (Lipinski definition) is 10. The zero-order valence-electron chi connectivity index (χ0n) is 36.4. The van der Waals surface area contributed by atoms with Gasteiger partial charge in [-0.2, -0.15) is 26.3 Å². The maximum absolute atomic E-state index is 10.7. The molecule has 8 aromatic rings. The maximum atomic E-state index is 10.7. The van der Waals surface area contributed by atoms with Gasteiger partial charge in [-0.25, -0.2) is 16.8 Å². The molecule has 0 atom stereocenters. The van der Waals surface area contributed by atoms with E-state index in [0.717, 1.165) is 58.3 Å². The Kier molecular flexibility index (Phi) is 17.4. The summed E-state index contributed by atoms with van der Waals surface area (Å²) in [5.74, 6) is 0. The smallest absolute Gasteiger partial charge is 0.741 e. The van der Waals surface area contributed by atoms with Gasteiger partial charge in [-0.15, -0.1) is 0 Å². The predicted molar refractivity (Wildman–Crippen MR) is 255 cm³/mol. The van der Waals surface area contributed by atoms with Crippen LogP contribution in [0.4, 0.5) is 60.5 Å². The molecular formula is C50H38F6N4O8PdS2. The number of anilines is 6. The molecule has 0 amide bonds. The Morgan fingerprint density at radius 1 is 0.394 bits per heavy atom. The Morgan fingerprint density at radius 3 is 1.00 bits per heavy atom. The molecule has 21 heteroatoms. The standard InChI is InChI=1S/C48H34N4.2CHF3O3S.2H2O.Pd/c1-3-15-35(16-4-1)31-49-33-51(43-25-13-11-23-41(43)49)45-29-27-37-19-7-9-21-39(37)47(45)48-40-22-10-8-20-38(40)28-30-46(48)52-34-50(32-36-17-5-2-6-18-36)42-24-12-14-26-44(42)52;2*2-1(3,4)8(5,6)7;;;/h1-30H,31-32H2;2*(H,5,6,7);2*1H2;/q;;;;;+2/p-2. The van der Waals surface area contributed by atoms with Gasteiger partial charge in [0.1, 0.15) is 0 Å². The largest absolute Gasteiger partial charge is 2.00 e. The van der Waals surface area contributed by atoms with Crippen LogP contribution in [0.15, 0.2) is 182 Å². The van der Waals surface area contributed by atoms with Crippen LogP contribution in [0, 0.1) is 13.3 Å². The maximum Gasteiger partial charge on any atom is 2.00 e. The molecule has 0 saturated carbocycles. The van der Waals surface area contributed by atoms with Crippen molar-refractivity contribution in [2.24, 2.45) is 0 Å². The first kappa shape index (κ1) is 55.4. The molecule has 8 aromatic carbocycles. The van der Waals surface area contributed by atoms with E-state index in [1.54, 1.807) is 0 Å². The van der Waals surface area contributed by atoms with Crippen molar-refractivity contribution in [3.05, 3.63) is 206 Å². The molecule has 12 nitrogen and oxygen atoms in total. The summed E-state index contributed by atoms with van der Waals surface area (Å²) in [7, 11) is -12.2. The van der Waals surface area contributed by atoms with Crippen LogP contribution in [0.2, 0.25) is 0 Å². The zero-order chi connectivity index (χ0) is 48.4. The van der Waals surface area contributed by atoms with Crippen LogP contribution in [-0.2, 0) is 53.7 Å². The van der Waals surface area contributed by atoms with Crippen LogP contribution in [0.25, 0.3) is 32.7 Å². The summed E-state index contributed by atoms with van der Waals surface area (Å²) in [6, 6.07) is 65.1. The van der Waals surface area contributed by atoms with Gasteiger partial charge in [0, 0.05) is 24.2 Å². The number of nitrogens with zero attached hydrogens (tertiary/aromatic N) is 4. The minimum atomic E-state index is -6.09. The number of rotatable bonds is 7. The molecule has 4 N–H and O–H groups in total. The van der Waals surface area contributed by atoms with E-state index in [0.29, 0.717) is 0 Å². The number of fused-ring (bicyclic) bond motifs is 4. The van der Waals surface area contributed by atoms with Gasteiger partial charge < -0.3 is 39.7 Å². The van der Waals surface area contributed by atoms with E-state index >= 15 is 0 Å². The fourth-order valence-electron chi connectivity index (χ4n) is 7.78. The van der Waals surface area contributed by atoms with Crippen molar-refractivity contribution < 1.29 is 83.7 Å². The van der Waals surface area contributed by atoms with Crippen molar-refractivity contribution in [1.29, 1.82) is 0 Å². The van der Waals surface area contributed by atoms with E-state index in [-0.39, 0.29) is 31.4 Å². The second-order valence-electron chi connectivity index (χ2n) is 15.2. The first-order chi connectivity index (χ1) is 32.3. The van der Waals surface area contributed by atoms with Crippen LogP contribution < -0.4 is 19.6 Å². The number of hydrogen-bond donors (Lipinski definition) is 0. The van der Waals surface area contributed by atoms with Crippen LogP contribution in [0.5, 0.6) is 0 Å². The predicted octanol–water partition coefficient (Wildman–Crippen LogP) is 10.4. The van der Waals surface area contributed by atoms with E-state index in [2.05, 4.69) is 215 Å². The van der Waals surface area contributed by atoms with Crippen molar-refractivity contribution in [3.63, 3.8) is 0 Å². The van der Waals surface area contributed by atoms with E-state index in [1.165, 1.54) is 32.7 Å². The van der Waals surface area contributed by atoms with Crippen LogP contribution >= 0.6 is 0 Å². The summed E-state index contributed by atoms with van der Waals surface area (Å²) >= 11 is 0. The Hall–Kier alpha value is -6.54. The van der Waals surface area contributed by atoms with E-state index in [4.69, 9.17) is 25.9 Å². The summed E-state index contributed by atoms with van der Waals surface area (Å²) in [5, 5.41) is 4.75. The molecule has 0 aromatic heterocycles.